The van der Waals surface area contributed by atoms with Crippen molar-refractivity contribution in [2.24, 2.45) is 5.41 Å². The van der Waals surface area contributed by atoms with Gasteiger partial charge in [-0.3, -0.25) is 0 Å². The first-order valence-electron chi connectivity index (χ1n) is 8.49. The molecule has 2 rings (SSSR count). The fraction of sp³-hybridized carbons (Fsp3) is 0.684. The van der Waals surface area contributed by atoms with Crippen molar-refractivity contribution in [1.29, 1.82) is 0 Å². The van der Waals surface area contributed by atoms with Crippen molar-refractivity contribution in [2.45, 2.75) is 52.4 Å². The summed E-state index contributed by atoms with van der Waals surface area (Å²) in [5, 5.41) is 3.46. The molecular formula is C19H32N2. The Labute approximate surface area is 130 Å². The van der Waals surface area contributed by atoms with Crippen LogP contribution in [0.4, 0.5) is 5.69 Å². The number of hydrogen-bond acceptors (Lipinski definition) is 2. The van der Waals surface area contributed by atoms with E-state index in [0.717, 1.165) is 13.1 Å². The molecule has 2 nitrogen and oxygen atoms in total. The summed E-state index contributed by atoms with van der Waals surface area (Å²) in [5.74, 6) is 0. The van der Waals surface area contributed by atoms with Crippen molar-refractivity contribution in [1.82, 2.24) is 5.32 Å². The van der Waals surface area contributed by atoms with Crippen molar-refractivity contribution >= 4 is 5.69 Å². The molecule has 1 aromatic rings. The standard InChI is InChI=1S/C19H32N2/c1-16-11-17(2)13-18(12-16)21(4)15-19(14-20-3)9-7-5-6-8-10-19/h11-13,20H,5-10,14-15H2,1-4H3. The minimum Gasteiger partial charge on any atom is -0.374 e. The summed E-state index contributed by atoms with van der Waals surface area (Å²) in [6, 6.07) is 6.89. The molecular weight excluding hydrogens is 256 g/mol. The van der Waals surface area contributed by atoms with E-state index in [-0.39, 0.29) is 0 Å². The van der Waals surface area contributed by atoms with Gasteiger partial charge in [0.2, 0.25) is 0 Å². The van der Waals surface area contributed by atoms with Crippen molar-refractivity contribution in [3.05, 3.63) is 29.3 Å². The van der Waals surface area contributed by atoms with Crippen LogP contribution in [0.25, 0.3) is 0 Å². The van der Waals surface area contributed by atoms with Crippen LogP contribution in [0.1, 0.15) is 49.7 Å². The van der Waals surface area contributed by atoms with Gasteiger partial charge in [0.25, 0.3) is 0 Å². The van der Waals surface area contributed by atoms with Gasteiger partial charge in [0.05, 0.1) is 0 Å². The smallest absolute Gasteiger partial charge is 0.0369 e. The van der Waals surface area contributed by atoms with Gasteiger partial charge >= 0.3 is 0 Å². The number of nitrogens with zero attached hydrogens (tertiary/aromatic N) is 1. The average Bonchev–Trinajstić information content (AvgIpc) is 2.64. The number of anilines is 1. The van der Waals surface area contributed by atoms with E-state index in [1.54, 1.807) is 0 Å². The van der Waals surface area contributed by atoms with Crippen molar-refractivity contribution in [3.8, 4) is 0 Å². The third kappa shape index (κ3) is 4.47. The van der Waals surface area contributed by atoms with Gasteiger partial charge in [0.1, 0.15) is 0 Å². The van der Waals surface area contributed by atoms with Crippen LogP contribution in [0.3, 0.4) is 0 Å². The van der Waals surface area contributed by atoms with Crippen molar-refractivity contribution < 1.29 is 0 Å². The van der Waals surface area contributed by atoms with Gasteiger partial charge in [-0.1, -0.05) is 31.7 Å². The van der Waals surface area contributed by atoms with E-state index in [0.29, 0.717) is 5.41 Å². The molecule has 0 spiro atoms. The highest BCUT2D eigenvalue weighted by Gasteiger charge is 2.31. The summed E-state index contributed by atoms with van der Waals surface area (Å²) in [5.41, 5.74) is 4.53. The van der Waals surface area contributed by atoms with E-state index < -0.39 is 0 Å². The molecule has 21 heavy (non-hydrogen) atoms. The minimum absolute atomic E-state index is 0.442. The summed E-state index contributed by atoms with van der Waals surface area (Å²) >= 11 is 0. The second-order valence-electron chi connectivity index (χ2n) is 7.15. The van der Waals surface area contributed by atoms with Crippen molar-refractivity contribution in [3.63, 3.8) is 0 Å². The highest BCUT2D eigenvalue weighted by Crippen LogP contribution is 2.36. The first kappa shape index (κ1) is 16.4. The maximum Gasteiger partial charge on any atom is 0.0369 e. The average molecular weight is 288 g/mol. The number of aryl methyl sites for hydroxylation is 2. The Kier molecular flexibility index (Phi) is 5.69. The monoisotopic (exact) mass is 288 g/mol. The molecule has 1 fully saturated rings. The zero-order valence-electron chi connectivity index (χ0n) is 14.3. The van der Waals surface area contributed by atoms with Gasteiger partial charge in [0, 0.05) is 31.2 Å². The van der Waals surface area contributed by atoms with Gasteiger partial charge in [-0.25, -0.2) is 0 Å². The molecule has 0 heterocycles. The molecule has 1 aromatic carbocycles. The van der Waals surface area contributed by atoms with Gasteiger partial charge in [-0.15, -0.1) is 0 Å². The van der Waals surface area contributed by atoms with Gasteiger partial charge in [0.15, 0.2) is 0 Å². The second kappa shape index (κ2) is 7.31. The zero-order valence-corrected chi connectivity index (χ0v) is 14.3. The van der Waals surface area contributed by atoms with Crippen LogP contribution in [0.5, 0.6) is 0 Å². The van der Waals surface area contributed by atoms with Crippen LogP contribution in [-0.4, -0.2) is 27.2 Å². The molecule has 1 saturated carbocycles. The lowest BCUT2D eigenvalue weighted by atomic mass is 9.79. The SMILES string of the molecule is CNCC1(CN(C)c2cc(C)cc(C)c2)CCCCCC1. The summed E-state index contributed by atoms with van der Waals surface area (Å²) < 4.78 is 0. The second-order valence-corrected chi connectivity index (χ2v) is 7.15. The lowest BCUT2D eigenvalue weighted by Gasteiger charge is -2.37. The molecule has 2 heteroatoms. The third-order valence-electron chi connectivity index (χ3n) is 4.94. The molecule has 0 radical (unpaired) electrons. The fourth-order valence-electron chi connectivity index (χ4n) is 4.01. The molecule has 1 aliphatic carbocycles. The Morgan fingerprint density at radius 2 is 1.57 bits per heavy atom. The lowest BCUT2D eigenvalue weighted by molar-refractivity contribution is 0.245. The van der Waals surface area contributed by atoms with Gasteiger partial charge in [-0.2, -0.15) is 0 Å². The lowest BCUT2D eigenvalue weighted by Crippen LogP contribution is -2.42. The molecule has 0 aliphatic heterocycles. The van der Waals surface area contributed by atoms with E-state index in [4.69, 9.17) is 0 Å². The Hall–Kier alpha value is -1.02. The predicted molar refractivity (Wildman–Crippen MR) is 93.2 cm³/mol. The molecule has 0 amide bonds. The predicted octanol–water partition coefficient (Wildman–Crippen LogP) is 4.30. The molecule has 1 aliphatic rings. The van der Waals surface area contributed by atoms with E-state index in [1.165, 1.54) is 55.3 Å². The molecule has 0 aromatic heterocycles. The molecule has 1 N–H and O–H groups in total. The Morgan fingerprint density at radius 3 is 2.10 bits per heavy atom. The van der Waals surface area contributed by atoms with Gasteiger partial charge in [-0.05, 0) is 57.0 Å². The Bertz CT molecular complexity index is 425. The summed E-state index contributed by atoms with van der Waals surface area (Å²) in [7, 11) is 4.36. The molecule has 0 saturated heterocycles. The maximum atomic E-state index is 3.46. The normalized spacial score (nSPS) is 18.3. The highest BCUT2D eigenvalue weighted by molar-refractivity contribution is 5.50. The van der Waals surface area contributed by atoms with E-state index in [1.807, 2.05) is 0 Å². The zero-order chi connectivity index (χ0) is 15.3. The van der Waals surface area contributed by atoms with Crippen LogP contribution in [0.15, 0.2) is 18.2 Å². The van der Waals surface area contributed by atoms with Crippen LogP contribution in [0.2, 0.25) is 0 Å². The topological polar surface area (TPSA) is 15.3 Å². The Balaban J connectivity index is 2.14. The minimum atomic E-state index is 0.442. The van der Waals surface area contributed by atoms with E-state index >= 15 is 0 Å². The first-order valence-corrected chi connectivity index (χ1v) is 8.49. The highest BCUT2D eigenvalue weighted by atomic mass is 15.1. The Morgan fingerprint density at radius 1 is 1.00 bits per heavy atom. The van der Waals surface area contributed by atoms with Crippen LogP contribution in [0, 0.1) is 19.3 Å². The number of benzene rings is 1. The number of rotatable bonds is 5. The summed E-state index contributed by atoms with van der Waals surface area (Å²) in [6.45, 7) is 6.69. The molecule has 118 valence electrons. The fourth-order valence-corrected chi connectivity index (χ4v) is 4.01. The third-order valence-corrected chi connectivity index (χ3v) is 4.94. The molecule has 0 bridgehead atoms. The van der Waals surface area contributed by atoms with Gasteiger partial charge < -0.3 is 10.2 Å². The first-order chi connectivity index (χ1) is 10.0. The number of hydrogen-bond donors (Lipinski definition) is 1. The van der Waals surface area contributed by atoms with E-state index in [2.05, 4.69) is 56.4 Å². The summed E-state index contributed by atoms with van der Waals surface area (Å²) in [4.78, 5) is 2.47. The van der Waals surface area contributed by atoms with Crippen LogP contribution < -0.4 is 10.2 Å². The number of nitrogens with one attached hydrogen (secondary N) is 1. The van der Waals surface area contributed by atoms with Crippen LogP contribution >= 0.6 is 0 Å². The van der Waals surface area contributed by atoms with Crippen LogP contribution in [-0.2, 0) is 0 Å². The largest absolute Gasteiger partial charge is 0.374 e. The molecule has 0 unspecified atom stereocenters. The van der Waals surface area contributed by atoms with Crippen molar-refractivity contribution in [2.75, 3.05) is 32.1 Å². The van der Waals surface area contributed by atoms with E-state index in [9.17, 15) is 0 Å². The maximum absolute atomic E-state index is 3.46. The quantitative estimate of drug-likeness (QED) is 0.813. The molecule has 0 atom stereocenters. The summed E-state index contributed by atoms with van der Waals surface area (Å²) in [6.07, 6.45) is 8.34.